The molecule has 0 radical (unpaired) electrons. The zero-order valence-corrected chi connectivity index (χ0v) is 9.84. The predicted octanol–water partition coefficient (Wildman–Crippen LogP) is 2.54. The van der Waals surface area contributed by atoms with Crippen molar-refractivity contribution >= 4 is 11.7 Å². The van der Waals surface area contributed by atoms with Gasteiger partial charge in [0, 0.05) is 7.05 Å². The maximum atomic E-state index is 12.8. The Morgan fingerprint density at radius 2 is 2.17 bits per heavy atom. The maximum Gasteiger partial charge on any atom is 0.411 e. The molecule has 0 saturated heterocycles. The van der Waals surface area contributed by atoms with Gasteiger partial charge in [0.1, 0.15) is 23.2 Å². The zero-order valence-electron chi connectivity index (χ0n) is 9.84. The molecule has 0 bridgehead atoms. The van der Waals surface area contributed by atoms with E-state index in [1.165, 1.54) is 6.26 Å². The van der Waals surface area contributed by atoms with Crippen LogP contribution in [0.15, 0.2) is 10.8 Å². The van der Waals surface area contributed by atoms with E-state index in [1.807, 2.05) is 0 Å². The van der Waals surface area contributed by atoms with Crippen LogP contribution in [-0.4, -0.2) is 34.9 Å². The van der Waals surface area contributed by atoms with Crippen molar-refractivity contribution in [1.29, 1.82) is 0 Å². The fourth-order valence-electron chi connectivity index (χ4n) is 1.73. The van der Waals surface area contributed by atoms with Crippen LogP contribution in [-0.2, 0) is 0 Å². The van der Waals surface area contributed by atoms with Crippen molar-refractivity contribution in [3.63, 3.8) is 0 Å². The van der Waals surface area contributed by atoms with Crippen LogP contribution in [0.2, 0.25) is 0 Å². The fraction of sp³-hybridized carbons (Fsp3) is 0.600. The van der Waals surface area contributed by atoms with Gasteiger partial charge in [0.25, 0.3) is 0 Å². The molecule has 1 aliphatic carbocycles. The monoisotopic (exact) mass is 263 g/mol. The lowest BCUT2D eigenvalue weighted by atomic mass is 10.2. The van der Waals surface area contributed by atoms with Gasteiger partial charge in [-0.3, -0.25) is 0 Å². The van der Waals surface area contributed by atoms with Crippen molar-refractivity contribution in [2.75, 3.05) is 12.4 Å². The zero-order chi connectivity index (χ0) is 13.6. The number of aromatic nitrogens is 1. The molecular formula is C10H12F3N3O2. The van der Waals surface area contributed by atoms with E-state index in [2.05, 4.69) is 15.0 Å². The van der Waals surface area contributed by atoms with E-state index in [1.54, 1.807) is 6.92 Å². The van der Waals surface area contributed by atoms with Gasteiger partial charge in [0.2, 0.25) is 0 Å². The number of anilines is 1. The number of halogens is 3. The third-order valence-corrected chi connectivity index (χ3v) is 3.19. The number of hydrogen-bond donors (Lipinski definition) is 1. The number of amides is 2. The summed E-state index contributed by atoms with van der Waals surface area (Å²) < 4.78 is 43.0. The number of alkyl halides is 3. The molecule has 0 atom stereocenters. The molecule has 8 heteroatoms. The summed E-state index contributed by atoms with van der Waals surface area (Å²) in [7, 11) is 1.14. The average molecular weight is 263 g/mol. The van der Waals surface area contributed by atoms with Gasteiger partial charge in [-0.25, -0.2) is 4.79 Å². The smallest absolute Gasteiger partial charge is 0.362 e. The Bertz CT molecular complexity index is 465. The van der Waals surface area contributed by atoms with Crippen molar-refractivity contribution in [1.82, 2.24) is 10.1 Å². The van der Waals surface area contributed by atoms with Gasteiger partial charge in [0.15, 0.2) is 0 Å². The normalized spacial score (nSPS) is 17.4. The molecule has 1 N–H and O–H groups in total. The molecule has 2 amide bonds. The first-order valence-corrected chi connectivity index (χ1v) is 5.30. The molecular weight excluding hydrogens is 251 g/mol. The minimum Gasteiger partial charge on any atom is -0.362 e. The Hall–Kier alpha value is -1.73. The second-order valence-corrected chi connectivity index (χ2v) is 4.33. The Balaban J connectivity index is 2.09. The van der Waals surface area contributed by atoms with Gasteiger partial charge in [-0.1, -0.05) is 5.16 Å². The van der Waals surface area contributed by atoms with Crippen molar-refractivity contribution < 1.29 is 22.5 Å². The lowest BCUT2D eigenvalue weighted by Crippen LogP contribution is -2.50. The van der Waals surface area contributed by atoms with E-state index in [0.717, 1.165) is 7.05 Å². The largest absolute Gasteiger partial charge is 0.411 e. The molecule has 18 heavy (non-hydrogen) atoms. The van der Waals surface area contributed by atoms with Gasteiger partial charge in [-0.05, 0) is 19.8 Å². The maximum absolute atomic E-state index is 12.8. The van der Waals surface area contributed by atoms with Gasteiger partial charge in [-0.2, -0.15) is 13.2 Å². The minimum atomic E-state index is -4.41. The molecule has 0 unspecified atom stereocenters. The quantitative estimate of drug-likeness (QED) is 0.892. The van der Waals surface area contributed by atoms with Crippen LogP contribution in [0.4, 0.5) is 23.7 Å². The van der Waals surface area contributed by atoms with E-state index >= 15 is 0 Å². The first-order chi connectivity index (χ1) is 8.28. The van der Waals surface area contributed by atoms with Gasteiger partial charge >= 0.3 is 12.2 Å². The first kappa shape index (κ1) is 12.7. The number of carbonyl (C=O) groups is 1. The lowest BCUT2D eigenvalue weighted by molar-refractivity contribution is -0.184. The molecule has 5 nitrogen and oxygen atoms in total. The second-order valence-electron chi connectivity index (χ2n) is 4.33. The SMILES string of the molecule is Cc1nocc1NC(=O)N(C)C1(C(F)(F)F)CC1. The van der Waals surface area contributed by atoms with Crippen molar-refractivity contribution in [3.05, 3.63) is 12.0 Å². The highest BCUT2D eigenvalue weighted by molar-refractivity contribution is 5.90. The fourth-order valence-corrected chi connectivity index (χ4v) is 1.73. The summed E-state index contributed by atoms with van der Waals surface area (Å²) in [6.45, 7) is 1.58. The minimum absolute atomic E-state index is 0.0664. The summed E-state index contributed by atoms with van der Waals surface area (Å²) in [6.07, 6.45) is -3.37. The molecule has 100 valence electrons. The molecule has 0 aliphatic heterocycles. The van der Waals surface area contributed by atoms with Crippen LogP contribution in [0.1, 0.15) is 18.5 Å². The Morgan fingerprint density at radius 3 is 2.56 bits per heavy atom. The van der Waals surface area contributed by atoms with Crippen LogP contribution in [0.3, 0.4) is 0 Å². The van der Waals surface area contributed by atoms with Crippen LogP contribution in [0, 0.1) is 6.92 Å². The number of carbonyl (C=O) groups excluding carboxylic acids is 1. The van der Waals surface area contributed by atoms with E-state index in [0.29, 0.717) is 10.6 Å². The summed E-state index contributed by atoms with van der Waals surface area (Å²) in [5, 5.41) is 5.86. The van der Waals surface area contributed by atoms with Crippen LogP contribution < -0.4 is 5.32 Å². The summed E-state index contributed by atoms with van der Waals surface area (Å²) in [5.74, 6) is 0. The highest BCUT2D eigenvalue weighted by Gasteiger charge is 2.67. The molecule has 0 spiro atoms. The average Bonchev–Trinajstić information content (AvgIpc) is 2.99. The Labute approximate surface area is 101 Å². The van der Waals surface area contributed by atoms with Crippen molar-refractivity contribution in [2.45, 2.75) is 31.5 Å². The number of aryl methyl sites for hydroxylation is 1. The van der Waals surface area contributed by atoms with E-state index in [9.17, 15) is 18.0 Å². The van der Waals surface area contributed by atoms with Crippen LogP contribution in [0.5, 0.6) is 0 Å². The number of hydrogen-bond acceptors (Lipinski definition) is 3. The number of nitrogens with one attached hydrogen (secondary N) is 1. The molecule has 1 aromatic rings. The molecule has 1 heterocycles. The summed E-state index contributed by atoms with van der Waals surface area (Å²) in [5.41, 5.74) is -1.35. The van der Waals surface area contributed by atoms with E-state index in [-0.39, 0.29) is 18.5 Å². The number of urea groups is 1. The molecule has 1 fully saturated rings. The first-order valence-electron chi connectivity index (χ1n) is 5.30. The summed E-state index contributed by atoms with van der Waals surface area (Å²) >= 11 is 0. The molecule has 1 aromatic heterocycles. The summed E-state index contributed by atoms with van der Waals surface area (Å²) in [4.78, 5) is 12.4. The third kappa shape index (κ3) is 1.91. The lowest BCUT2D eigenvalue weighted by Gasteiger charge is -2.29. The van der Waals surface area contributed by atoms with Gasteiger partial charge in [0.05, 0.1) is 0 Å². The van der Waals surface area contributed by atoms with Gasteiger partial charge in [-0.15, -0.1) is 0 Å². The highest BCUT2D eigenvalue weighted by Crippen LogP contribution is 2.53. The van der Waals surface area contributed by atoms with E-state index < -0.39 is 17.7 Å². The third-order valence-electron chi connectivity index (χ3n) is 3.19. The van der Waals surface area contributed by atoms with Crippen molar-refractivity contribution in [2.24, 2.45) is 0 Å². The van der Waals surface area contributed by atoms with Crippen LogP contribution in [0.25, 0.3) is 0 Å². The van der Waals surface area contributed by atoms with Crippen LogP contribution >= 0.6 is 0 Å². The number of rotatable bonds is 2. The topological polar surface area (TPSA) is 58.4 Å². The molecule has 1 aliphatic rings. The molecule has 2 rings (SSSR count). The Morgan fingerprint density at radius 1 is 1.56 bits per heavy atom. The van der Waals surface area contributed by atoms with Gasteiger partial charge < -0.3 is 14.7 Å². The second kappa shape index (κ2) is 3.89. The Kier molecular flexibility index (Phi) is 2.75. The molecule has 0 aromatic carbocycles. The van der Waals surface area contributed by atoms with E-state index in [4.69, 9.17) is 0 Å². The van der Waals surface area contributed by atoms with Crippen molar-refractivity contribution in [3.8, 4) is 0 Å². The number of nitrogens with zero attached hydrogens (tertiary/aromatic N) is 2. The predicted molar refractivity (Wildman–Crippen MR) is 56.0 cm³/mol. The summed E-state index contributed by atoms with van der Waals surface area (Å²) in [6, 6.07) is -0.823. The highest BCUT2D eigenvalue weighted by atomic mass is 19.4. The molecule has 1 saturated carbocycles. The standard InChI is InChI=1S/C10H12F3N3O2/c1-6-7(5-18-15-6)14-8(17)16(2)9(3-4-9)10(11,12)13/h5H,3-4H2,1-2H3,(H,14,17).